The van der Waals surface area contributed by atoms with Gasteiger partial charge in [-0.05, 0) is 30.6 Å². The first kappa shape index (κ1) is 12.2. The lowest BCUT2D eigenvalue weighted by Crippen LogP contribution is -2.45. The summed E-state index contributed by atoms with van der Waals surface area (Å²) < 4.78 is 38.2. The zero-order valence-corrected chi connectivity index (χ0v) is 9.91. The van der Waals surface area contributed by atoms with Crippen molar-refractivity contribution >= 4 is 5.84 Å². The second-order valence-corrected chi connectivity index (χ2v) is 4.11. The third-order valence-corrected chi connectivity index (χ3v) is 3.06. The van der Waals surface area contributed by atoms with E-state index in [9.17, 15) is 13.2 Å². The molecule has 0 radical (unpaired) electrons. The van der Waals surface area contributed by atoms with Gasteiger partial charge in [0, 0.05) is 13.2 Å². The first-order valence-corrected chi connectivity index (χ1v) is 5.41. The van der Waals surface area contributed by atoms with Crippen LogP contribution >= 0.6 is 0 Å². The fourth-order valence-corrected chi connectivity index (χ4v) is 2.07. The van der Waals surface area contributed by atoms with Crippen LogP contribution in [0.15, 0.2) is 28.4 Å². The molecule has 0 saturated carbocycles. The van der Waals surface area contributed by atoms with Gasteiger partial charge in [-0.2, -0.15) is 18.2 Å². The highest BCUT2D eigenvalue weighted by atomic mass is 19.4. The molecule has 0 bridgehead atoms. The lowest BCUT2D eigenvalue weighted by molar-refractivity contribution is -0.190. The lowest BCUT2D eigenvalue weighted by Gasteiger charge is -2.30. The predicted molar refractivity (Wildman–Crippen MR) is 59.0 cm³/mol. The second kappa shape index (κ2) is 3.87. The molecule has 0 saturated heterocycles. The average Bonchev–Trinajstić information content (AvgIpc) is 2.57. The zero-order valence-electron chi connectivity index (χ0n) is 9.91. The first-order valence-electron chi connectivity index (χ1n) is 5.41. The minimum Gasteiger partial charge on any atom is -0.262 e. The highest BCUT2D eigenvalue weighted by Crippen LogP contribution is 2.34. The number of rotatable bonds is 1. The summed E-state index contributed by atoms with van der Waals surface area (Å²) >= 11 is 0. The smallest absolute Gasteiger partial charge is 0.262 e. The SMILES string of the molecule is CCC1=C(C)C2=NC(C(F)(F)F)N(C)N2C=C1. The Morgan fingerprint density at radius 1 is 1.41 bits per heavy atom. The van der Waals surface area contributed by atoms with E-state index in [-0.39, 0.29) is 0 Å². The molecular weight excluding hydrogens is 231 g/mol. The van der Waals surface area contributed by atoms with Crippen LogP contribution in [0.3, 0.4) is 0 Å². The molecule has 2 heterocycles. The number of halogens is 3. The quantitative estimate of drug-likeness (QED) is 0.707. The third-order valence-electron chi connectivity index (χ3n) is 3.06. The monoisotopic (exact) mass is 245 g/mol. The van der Waals surface area contributed by atoms with E-state index >= 15 is 0 Å². The largest absolute Gasteiger partial charge is 0.425 e. The van der Waals surface area contributed by atoms with E-state index in [1.807, 2.05) is 13.0 Å². The molecule has 0 aromatic rings. The molecule has 17 heavy (non-hydrogen) atoms. The van der Waals surface area contributed by atoms with E-state index in [2.05, 4.69) is 4.99 Å². The van der Waals surface area contributed by atoms with Crippen LogP contribution in [0, 0.1) is 0 Å². The van der Waals surface area contributed by atoms with Crippen LogP contribution in [-0.2, 0) is 0 Å². The summed E-state index contributed by atoms with van der Waals surface area (Å²) in [6.45, 7) is 3.78. The standard InChI is InChI=1S/C11H14F3N3/c1-4-8-5-6-17-9(7(8)2)15-10(16(17)3)11(12,13)14/h5-6,10H,4H2,1-3H3. The van der Waals surface area contributed by atoms with Crippen molar-refractivity contribution in [2.24, 2.45) is 4.99 Å². The topological polar surface area (TPSA) is 18.8 Å². The molecule has 1 unspecified atom stereocenters. The van der Waals surface area contributed by atoms with Gasteiger partial charge >= 0.3 is 6.18 Å². The minimum absolute atomic E-state index is 0.397. The molecule has 0 aliphatic carbocycles. The van der Waals surface area contributed by atoms with E-state index in [0.29, 0.717) is 5.84 Å². The van der Waals surface area contributed by atoms with Crippen LogP contribution < -0.4 is 0 Å². The molecule has 2 rings (SSSR count). The Hall–Kier alpha value is -1.30. The normalized spacial score (nSPS) is 25.4. The van der Waals surface area contributed by atoms with Crippen molar-refractivity contribution < 1.29 is 13.2 Å². The van der Waals surface area contributed by atoms with Crippen molar-refractivity contribution in [2.75, 3.05) is 7.05 Å². The van der Waals surface area contributed by atoms with Gasteiger partial charge in [-0.15, -0.1) is 0 Å². The predicted octanol–water partition coefficient (Wildman–Crippen LogP) is 2.69. The van der Waals surface area contributed by atoms with Crippen molar-refractivity contribution in [1.82, 2.24) is 10.0 Å². The number of hydrazine groups is 1. The Bertz CT molecular complexity index is 420. The molecule has 1 atom stereocenters. The number of amidine groups is 1. The number of nitrogens with zero attached hydrogens (tertiary/aromatic N) is 3. The van der Waals surface area contributed by atoms with Crippen LogP contribution in [0.25, 0.3) is 0 Å². The highest BCUT2D eigenvalue weighted by molar-refractivity contribution is 6.01. The molecule has 0 amide bonds. The van der Waals surface area contributed by atoms with Gasteiger partial charge in [0.05, 0.1) is 0 Å². The van der Waals surface area contributed by atoms with Crippen molar-refractivity contribution in [3.63, 3.8) is 0 Å². The molecule has 94 valence electrons. The van der Waals surface area contributed by atoms with Gasteiger partial charge in [-0.1, -0.05) is 6.92 Å². The Kier molecular flexibility index (Phi) is 2.77. The zero-order chi connectivity index (χ0) is 12.8. The summed E-state index contributed by atoms with van der Waals surface area (Å²) in [6.07, 6.45) is -1.87. The fraction of sp³-hybridized carbons (Fsp3) is 0.545. The summed E-state index contributed by atoms with van der Waals surface area (Å²) in [6, 6.07) is 0. The molecule has 2 aliphatic heterocycles. The Balaban J connectivity index is 2.40. The van der Waals surface area contributed by atoms with Crippen LogP contribution in [0.4, 0.5) is 13.2 Å². The summed E-state index contributed by atoms with van der Waals surface area (Å²) in [5.74, 6) is 0.397. The van der Waals surface area contributed by atoms with E-state index in [1.54, 1.807) is 13.1 Å². The van der Waals surface area contributed by atoms with Gasteiger partial charge in [-0.3, -0.25) is 5.01 Å². The van der Waals surface area contributed by atoms with E-state index in [1.165, 1.54) is 12.1 Å². The van der Waals surface area contributed by atoms with Gasteiger partial charge in [-0.25, -0.2) is 4.99 Å². The molecule has 0 spiro atoms. The summed E-state index contributed by atoms with van der Waals surface area (Å²) in [5, 5.41) is 2.55. The van der Waals surface area contributed by atoms with Gasteiger partial charge in [0.15, 0.2) is 0 Å². The fourth-order valence-electron chi connectivity index (χ4n) is 2.07. The van der Waals surface area contributed by atoms with E-state index in [4.69, 9.17) is 0 Å². The molecule has 0 fully saturated rings. The molecule has 0 aromatic carbocycles. The third kappa shape index (κ3) is 1.86. The lowest BCUT2D eigenvalue weighted by atomic mass is 10.0. The minimum atomic E-state index is -4.35. The average molecular weight is 245 g/mol. The van der Waals surface area contributed by atoms with Crippen LogP contribution in [0.1, 0.15) is 20.3 Å². The van der Waals surface area contributed by atoms with Crippen LogP contribution in [0.5, 0.6) is 0 Å². The maximum Gasteiger partial charge on any atom is 0.425 e. The molecular formula is C11H14F3N3. The summed E-state index contributed by atoms with van der Waals surface area (Å²) in [4.78, 5) is 3.78. The number of allylic oxidation sites excluding steroid dienone is 2. The van der Waals surface area contributed by atoms with Crippen molar-refractivity contribution in [2.45, 2.75) is 32.6 Å². The number of aliphatic imine (C=N–C) groups is 1. The molecule has 0 aromatic heterocycles. The van der Waals surface area contributed by atoms with Crippen LogP contribution in [0.2, 0.25) is 0 Å². The number of hydrogen-bond acceptors (Lipinski definition) is 3. The van der Waals surface area contributed by atoms with Crippen LogP contribution in [-0.4, -0.2) is 35.2 Å². The van der Waals surface area contributed by atoms with Crippen molar-refractivity contribution in [3.8, 4) is 0 Å². The number of fused-ring (bicyclic) bond motifs is 1. The number of alkyl halides is 3. The number of hydrogen-bond donors (Lipinski definition) is 0. The van der Waals surface area contributed by atoms with Gasteiger partial charge in [0.25, 0.3) is 0 Å². The van der Waals surface area contributed by atoms with Crippen molar-refractivity contribution in [3.05, 3.63) is 23.4 Å². The van der Waals surface area contributed by atoms with Gasteiger partial charge in [0.2, 0.25) is 6.17 Å². The Morgan fingerprint density at radius 3 is 2.59 bits per heavy atom. The Labute approximate surface area is 97.9 Å². The highest BCUT2D eigenvalue weighted by Gasteiger charge is 2.49. The molecule has 2 aliphatic rings. The summed E-state index contributed by atoms with van der Waals surface area (Å²) in [5.41, 5.74) is 1.84. The van der Waals surface area contributed by atoms with E-state index in [0.717, 1.165) is 22.6 Å². The maximum absolute atomic E-state index is 12.7. The van der Waals surface area contributed by atoms with Gasteiger partial charge in [0.1, 0.15) is 5.84 Å². The molecule has 3 nitrogen and oxygen atoms in total. The summed E-state index contributed by atoms with van der Waals surface area (Å²) in [7, 11) is 1.39. The molecule has 0 N–H and O–H groups in total. The van der Waals surface area contributed by atoms with Gasteiger partial charge < -0.3 is 0 Å². The molecule has 6 heteroatoms. The Morgan fingerprint density at radius 2 is 2.06 bits per heavy atom. The first-order chi connectivity index (χ1) is 7.86. The van der Waals surface area contributed by atoms with E-state index < -0.39 is 12.3 Å². The maximum atomic E-state index is 12.7. The second-order valence-electron chi connectivity index (χ2n) is 4.11. The van der Waals surface area contributed by atoms with Crippen molar-refractivity contribution in [1.29, 1.82) is 0 Å².